The molecule has 0 saturated carbocycles. The quantitative estimate of drug-likeness (QED) is 0.529. The second-order valence-corrected chi connectivity index (χ2v) is 5.06. The summed E-state index contributed by atoms with van der Waals surface area (Å²) in [6.45, 7) is 0.297. The lowest BCUT2D eigenvalue weighted by Crippen LogP contribution is -1.97. The summed E-state index contributed by atoms with van der Waals surface area (Å²) in [6.07, 6.45) is 1.68. The third-order valence-electron chi connectivity index (χ3n) is 3.22. The normalized spacial score (nSPS) is 10.6. The van der Waals surface area contributed by atoms with E-state index in [4.69, 9.17) is 16.3 Å². The molecule has 0 saturated heterocycles. The van der Waals surface area contributed by atoms with Crippen LogP contribution >= 0.6 is 11.6 Å². The summed E-state index contributed by atoms with van der Waals surface area (Å²) in [6, 6.07) is 13.5. The van der Waals surface area contributed by atoms with Crippen molar-refractivity contribution in [2.75, 3.05) is 0 Å². The van der Waals surface area contributed by atoms with Gasteiger partial charge < -0.3 is 4.74 Å². The van der Waals surface area contributed by atoms with Crippen molar-refractivity contribution < 1.29 is 9.66 Å². The number of non-ortho nitro benzene ring substituents is 1. The highest BCUT2D eigenvalue weighted by Gasteiger charge is 2.08. The van der Waals surface area contributed by atoms with Crippen LogP contribution in [-0.4, -0.2) is 9.91 Å². The van der Waals surface area contributed by atoms with Gasteiger partial charge >= 0.3 is 0 Å². The molecule has 0 atom stereocenters. The average molecular weight is 315 g/mol. The van der Waals surface area contributed by atoms with E-state index in [1.54, 1.807) is 30.5 Å². The average Bonchev–Trinajstić information content (AvgIpc) is 2.55. The van der Waals surface area contributed by atoms with E-state index in [2.05, 4.69) is 4.98 Å². The molecule has 3 aromatic rings. The lowest BCUT2D eigenvalue weighted by Gasteiger charge is -2.09. The first kappa shape index (κ1) is 14.3. The van der Waals surface area contributed by atoms with E-state index in [1.165, 1.54) is 12.1 Å². The summed E-state index contributed by atoms with van der Waals surface area (Å²) < 4.78 is 5.77. The summed E-state index contributed by atoms with van der Waals surface area (Å²) in [7, 11) is 0. The maximum atomic E-state index is 10.6. The van der Waals surface area contributed by atoms with Gasteiger partial charge in [-0.3, -0.25) is 15.1 Å². The number of rotatable bonds is 4. The van der Waals surface area contributed by atoms with Crippen LogP contribution in [0.2, 0.25) is 5.02 Å². The number of nitro groups is 1. The number of fused-ring (bicyclic) bond motifs is 1. The molecule has 1 heterocycles. The first-order valence-electron chi connectivity index (χ1n) is 6.54. The number of pyridine rings is 1. The number of benzene rings is 2. The Labute approximate surface area is 131 Å². The van der Waals surface area contributed by atoms with Gasteiger partial charge in [0.25, 0.3) is 5.69 Å². The maximum absolute atomic E-state index is 10.6. The highest BCUT2D eigenvalue weighted by Crippen LogP contribution is 2.30. The minimum absolute atomic E-state index is 0.0577. The van der Waals surface area contributed by atoms with Crippen LogP contribution in [-0.2, 0) is 6.61 Å². The highest BCUT2D eigenvalue weighted by molar-refractivity contribution is 6.35. The Morgan fingerprint density at radius 3 is 2.64 bits per heavy atom. The molecule has 0 fully saturated rings. The Morgan fingerprint density at radius 2 is 1.91 bits per heavy atom. The van der Waals surface area contributed by atoms with E-state index < -0.39 is 4.92 Å². The number of nitro benzene ring substituents is 1. The molecule has 0 amide bonds. The zero-order chi connectivity index (χ0) is 15.5. The summed E-state index contributed by atoms with van der Waals surface area (Å²) >= 11 is 6.13. The van der Waals surface area contributed by atoms with Gasteiger partial charge in [-0.1, -0.05) is 11.6 Å². The number of nitrogens with zero attached hydrogens (tertiary/aromatic N) is 2. The minimum atomic E-state index is -0.429. The summed E-state index contributed by atoms with van der Waals surface area (Å²) in [4.78, 5) is 14.5. The van der Waals surface area contributed by atoms with Gasteiger partial charge in [0.05, 0.1) is 9.95 Å². The van der Waals surface area contributed by atoms with E-state index in [-0.39, 0.29) is 5.69 Å². The van der Waals surface area contributed by atoms with E-state index in [0.29, 0.717) is 22.9 Å². The van der Waals surface area contributed by atoms with Crippen molar-refractivity contribution >= 4 is 28.2 Å². The number of aromatic nitrogens is 1. The number of hydrogen-bond acceptors (Lipinski definition) is 4. The predicted molar refractivity (Wildman–Crippen MR) is 84.2 cm³/mol. The zero-order valence-electron chi connectivity index (χ0n) is 11.4. The van der Waals surface area contributed by atoms with Crippen molar-refractivity contribution in [2.45, 2.75) is 6.61 Å². The summed E-state index contributed by atoms with van der Waals surface area (Å²) in [5.74, 6) is 0.623. The van der Waals surface area contributed by atoms with Crippen LogP contribution in [0.5, 0.6) is 5.75 Å². The molecule has 0 aliphatic carbocycles. The number of ether oxygens (including phenoxy) is 1. The lowest BCUT2D eigenvalue weighted by atomic mass is 10.2. The van der Waals surface area contributed by atoms with Gasteiger partial charge in [-0.25, -0.2) is 0 Å². The first-order valence-corrected chi connectivity index (χ1v) is 6.92. The molecule has 3 rings (SSSR count). The second-order valence-electron chi connectivity index (χ2n) is 4.66. The molecule has 5 nitrogen and oxygen atoms in total. The lowest BCUT2D eigenvalue weighted by molar-refractivity contribution is -0.384. The molecule has 1 aromatic heterocycles. The Hall–Kier alpha value is -2.66. The zero-order valence-corrected chi connectivity index (χ0v) is 12.2. The molecule has 2 aromatic carbocycles. The maximum Gasteiger partial charge on any atom is 0.269 e. The molecule has 0 N–H and O–H groups in total. The molecule has 0 unspecified atom stereocenters. The third kappa shape index (κ3) is 2.84. The Balaban J connectivity index is 1.82. The molecule has 0 aliphatic rings. The van der Waals surface area contributed by atoms with Crippen LogP contribution in [0.15, 0.2) is 54.7 Å². The van der Waals surface area contributed by atoms with E-state index in [9.17, 15) is 10.1 Å². The van der Waals surface area contributed by atoms with Crippen LogP contribution < -0.4 is 4.74 Å². The molecule has 0 aliphatic heterocycles. The van der Waals surface area contributed by atoms with Gasteiger partial charge in [-0.15, -0.1) is 0 Å². The third-order valence-corrected chi connectivity index (χ3v) is 3.55. The van der Waals surface area contributed by atoms with E-state index >= 15 is 0 Å². The fraction of sp³-hybridized carbons (Fsp3) is 0.0625. The van der Waals surface area contributed by atoms with Gasteiger partial charge in [0.15, 0.2) is 0 Å². The van der Waals surface area contributed by atoms with Crippen molar-refractivity contribution in [2.24, 2.45) is 0 Å². The van der Waals surface area contributed by atoms with E-state index in [1.807, 2.05) is 12.1 Å². The Kier molecular flexibility index (Phi) is 3.89. The molecule has 22 heavy (non-hydrogen) atoms. The van der Waals surface area contributed by atoms with Crippen molar-refractivity contribution in [1.82, 2.24) is 4.98 Å². The fourth-order valence-corrected chi connectivity index (χ4v) is 2.32. The molecule has 0 radical (unpaired) electrons. The first-order chi connectivity index (χ1) is 10.6. The van der Waals surface area contributed by atoms with Gasteiger partial charge in [-0.05, 0) is 42.0 Å². The molecule has 110 valence electrons. The van der Waals surface area contributed by atoms with Gasteiger partial charge in [0.1, 0.15) is 17.9 Å². The summed E-state index contributed by atoms with van der Waals surface area (Å²) in [5, 5.41) is 12.1. The second kappa shape index (κ2) is 5.99. The van der Waals surface area contributed by atoms with Crippen LogP contribution in [0, 0.1) is 10.1 Å². The predicted octanol–water partition coefficient (Wildman–Crippen LogP) is 4.38. The SMILES string of the molecule is O=[N+]([O-])c1ccc(COc2ccc(Cl)c3cccnc23)cc1. The minimum Gasteiger partial charge on any atom is -0.487 e. The van der Waals surface area contributed by atoms with Crippen LogP contribution in [0.3, 0.4) is 0 Å². The molecule has 0 bridgehead atoms. The largest absolute Gasteiger partial charge is 0.487 e. The van der Waals surface area contributed by atoms with Crippen molar-refractivity contribution in [3.05, 3.63) is 75.4 Å². The molecular weight excluding hydrogens is 304 g/mol. The standard InChI is InChI=1S/C16H11ClN2O3/c17-14-7-8-15(16-13(14)2-1-9-18-16)22-10-11-3-5-12(6-4-11)19(20)21/h1-9H,10H2. The van der Waals surface area contributed by atoms with Crippen molar-refractivity contribution in [1.29, 1.82) is 0 Å². The van der Waals surface area contributed by atoms with Crippen LogP contribution in [0.4, 0.5) is 5.69 Å². The van der Waals surface area contributed by atoms with Gasteiger partial charge in [0, 0.05) is 23.7 Å². The van der Waals surface area contributed by atoms with Crippen LogP contribution in [0.25, 0.3) is 10.9 Å². The van der Waals surface area contributed by atoms with E-state index in [0.717, 1.165) is 10.9 Å². The fourth-order valence-electron chi connectivity index (χ4n) is 2.10. The highest BCUT2D eigenvalue weighted by atomic mass is 35.5. The topological polar surface area (TPSA) is 65.3 Å². The summed E-state index contributed by atoms with van der Waals surface area (Å²) in [5.41, 5.74) is 1.59. The molecule has 6 heteroatoms. The molecule has 0 spiro atoms. The monoisotopic (exact) mass is 314 g/mol. The van der Waals surface area contributed by atoms with Gasteiger partial charge in [0.2, 0.25) is 0 Å². The molecular formula is C16H11ClN2O3. The smallest absolute Gasteiger partial charge is 0.269 e. The van der Waals surface area contributed by atoms with Gasteiger partial charge in [-0.2, -0.15) is 0 Å². The Bertz CT molecular complexity index is 834. The number of hydrogen-bond donors (Lipinski definition) is 0. The van der Waals surface area contributed by atoms with Crippen LogP contribution in [0.1, 0.15) is 5.56 Å². The van der Waals surface area contributed by atoms with Crippen molar-refractivity contribution in [3.63, 3.8) is 0 Å². The Morgan fingerprint density at radius 1 is 1.14 bits per heavy atom. The number of halogens is 1. The van der Waals surface area contributed by atoms with Crippen molar-refractivity contribution in [3.8, 4) is 5.75 Å².